The van der Waals surface area contributed by atoms with Crippen molar-refractivity contribution in [1.29, 1.82) is 0 Å². The van der Waals surface area contributed by atoms with Gasteiger partial charge in [-0.3, -0.25) is 9.59 Å². The van der Waals surface area contributed by atoms with Crippen LogP contribution in [-0.4, -0.2) is 59.5 Å². The topological polar surface area (TPSA) is 92.6 Å². The molecule has 174 valence electrons. The van der Waals surface area contributed by atoms with E-state index in [1.807, 2.05) is 13.8 Å². The second-order valence-corrected chi connectivity index (χ2v) is 10.2. The summed E-state index contributed by atoms with van der Waals surface area (Å²) in [5.41, 5.74) is 1.01. The number of hydrogen-bond acceptors (Lipinski definition) is 5. The molecule has 4 rings (SSSR count). The van der Waals surface area contributed by atoms with Gasteiger partial charge in [0.15, 0.2) is 5.69 Å². The first-order chi connectivity index (χ1) is 15.8. The number of sulfonamides is 1. The molecule has 0 spiro atoms. The van der Waals surface area contributed by atoms with Crippen molar-refractivity contribution < 1.29 is 13.2 Å². The first-order valence-corrected chi connectivity index (χ1v) is 12.6. The summed E-state index contributed by atoms with van der Waals surface area (Å²) in [5, 5.41) is 5.38. The maximum Gasteiger partial charge on any atom is 0.274 e. The van der Waals surface area contributed by atoms with Crippen molar-refractivity contribution in [3.05, 3.63) is 70.1 Å². The Hall–Kier alpha value is -3.04. The minimum absolute atomic E-state index is 0.203. The highest BCUT2D eigenvalue weighted by molar-refractivity contribution is 7.89. The molecule has 2 heterocycles. The molecule has 0 bridgehead atoms. The van der Waals surface area contributed by atoms with Crippen molar-refractivity contribution >= 4 is 26.7 Å². The lowest BCUT2D eigenvalue weighted by molar-refractivity contribution is 0.0757. The number of nitrogens with zero attached hydrogens (tertiary/aromatic N) is 4. The van der Waals surface area contributed by atoms with E-state index in [1.54, 1.807) is 53.4 Å². The quantitative estimate of drug-likeness (QED) is 0.574. The van der Waals surface area contributed by atoms with Gasteiger partial charge in [-0.05, 0) is 38.0 Å². The average Bonchev–Trinajstić information content (AvgIpc) is 3.08. The molecule has 1 aromatic heterocycles. The Morgan fingerprint density at radius 3 is 2.36 bits per heavy atom. The molecule has 3 aromatic rings. The fraction of sp³-hybridized carbons (Fsp3) is 0.375. The molecule has 1 saturated heterocycles. The molecule has 0 saturated carbocycles. The molecule has 1 amide bonds. The standard InChI is InChI=1S/C24H28N4O4S/c1-3-13-28-23(29)21-8-5-4-7-20(21)22(25-28)24(30)26-14-6-15-27(17-16-26)33(31,32)19-11-9-18(2)10-12-19/h4-5,7-12H,3,6,13-17H2,1-2H3. The third kappa shape index (κ3) is 4.56. The monoisotopic (exact) mass is 468 g/mol. The molecule has 2 aromatic carbocycles. The van der Waals surface area contributed by atoms with E-state index >= 15 is 0 Å². The van der Waals surface area contributed by atoms with Gasteiger partial charge in [-0.15, -0.1) is 0 Å². The summed E-state index contributed by atoms with van der Waals surface area (Å²) < 4.78 is 29.0. The zero-order chi connectivity index (χ0) is 23.6. The van der Waals surface area contributed by atoms with Crippen LogP contribution in [-0.2, 0) is 16.6 Å². The van der Waals surface area contributed by atoms with Crippen LogP contribution in [0.25, 0.3) is 10.8 Å². The SMILES string of the molecule is CCCn1nc(C(=O)N2CCCN(S(=O)(=O)c3ccc(C)cc3)CC2)c2ccccc2c1=O. The number of amides is 1. The molecule has 1 fully saturated rings. The lowest BCUT2D eigenvalue weighted by Gasteiger charge is -2.22. The number of rotatable bonds is 5. The number of aryl methyl sites for hydroxylation is 2. The van der Waals surface area contributed by atoms with E-state index in [4.69, 9.17) is 0 Å². The molecule has 9 heteroatoms. The van der Waals surface area contributed by atoms with Gasteiger partial charge in [0.2, 0.25) is 10.0 Å². The lowest BCUT2D eigenvalue weighted by atomic mass is 10.1. The van der Waals surface area contributed by atoms with Gasteiger partial charge in [-0.2, -0.15) is 9.40 Å². The Bertz CT molecular complexity index is 1330. The Morgan fingerprint density at radius 1 is 0.970 bits per heavy atom. The molecule has 1 aliphatic heterocycles. The third-order valence-corrected chi connectivity index (χ3v) is 7.82. The summed E-state index contributed by atoms with van der Waals surface area (Å²) in [6.45, 7) is 5.49. The normalized spacial score (nSPS) is 15.5. The zero-order valence-electron chi connectivity index (χ0n) is 18.9. The molecule has 0 N–H and O–H groups in total. The van der Waals surface area contributed by atoms with Gasteiger partial charge in [0.25, 0.3) is 11.5 Å². The number of benzene rings is 2. The highest BCUT2D eigenvalue weighted by Crippen LogP contribution is 2.20. The van der Waals surface area contributed by atoms with Gasteiger partial charge in [-0.1, -0.05) is 42.8 Å². The smallest absolute Gasteiger partial charge is 0.274 e. The van der Waals surface area contributed by atoms with Gasteiger partial charge in [0.05, 0.1) is 10.3 Å². The summed E-state index contributed by atoms with van der Waals surface area (Å²) in [4.78, 5) is 28.1. The van der Waals surface area contributed by atoms with Crippen molar-refractivity contribution in [2.24, 2.45) is 0 Å². The number of hydrogen-bond donors (Lipinski definition) is 0. The van der Waals surface area contributed by atoms with Crippen LogP contribution >= 0.6 is 0 Å². The van der Waals surface area contributed by atoms with E-state index in [1.165, 1.54) is 8.99 Å². The van der Waals surface area contributed by atoms with E-state index in [2.05, 4.69) is 5.10 Å². The maximum atomic E-state index is 13.5. The molecular formula is C24H28N4O4S. The van der Waals surface area contributed by atoms with E-state index < -0.39 is 10.0 Å². The minimum Gasteiger partial charge on any atom is -0.336 e. The minimum atomic E-state index is -3.64. The number of aromatic nitrogens is 2. The van der Waals surface area contributed by atoms with Crippen LogP contribution in [0, 0.1) is 6.92 Å². The van der Waals surface area contributed by atoms with Crippen molar-refractivity contribution in [2.75, 3.05) is 26.2 Å². The van der Waals surface area contributed by atoms with E-state index in [0.717, 1.165) is 5.56 Å². The van der Waals surface area contributed by atoms with Gasteiger partial charge >= 0.3 is 0 Å². The third-order valence-electron chi connectivity index (χ3n) is 5.91. The van der Waals surface area contributed by atoms with Crippen molar-refractivity contribution in [3.63, 3.8) is 0 Å². The van der Waals surface area contributed by atoms with Crippen molar-refractivity contribution in [2.45, 2.75) is 38.1 Å². The summed E-state index contributed by atoms with van der Waals surface area (Å²) in [6.07, 6.45) is 1.23. The molecule has 0 atom stereocenters. The average molecular weight is 469 g/mol. The first kappa shape index (κ1) is 23.1. The fourth-order valence-corrected chi connectivity index (χ4v) is 5.57. The largest absolute Gasteiger partial charge is 0.336 e. The van der Waals surface area contributed by atoms with Crippen LogP contribution in [0.3, 0.4) is 0 Å². The van der Waals surface area contributed by atoms with E-state index in [-0.39, 0.29) is 35.1 Å². The molecule has 33 heavy (non-hydrogen) atoms. The van der Waals surface area contributed by atoms with Gasteiger partial charge in [-0.25, -0.2) is 13.1 Å². The van der Waals surface area contributed by atoms with Crippen LogP contribution in [0.5, 0.6) is 0 Å². The fourth-order valence-electron chi connectivity index (χ4n) is 4.10. The van der Waals surface area contributed by atoms with Gasteiger partial charge in [0.1, 0.15) is 0 Å². The Morgan fingerprint density at radius 2 is 1.67 bits per heavy atom. The predicted molar refractivity (Wildman–Crippen MR) is 127 cm³/mol. The highest BCUT2D eigenvalue weighted by Gasteiger charge is 2.30. The Kier molecular flexibility index (Phi) is 6.62. The van der Waals surface area contributed by atoms with Crippen LogP contribution in [0.1, 0.15) is 35.8 Å². The Labute approximate surface area is 193 Å². The van der Waals surface area contributed by atoms with Crippen molar-refractivity contribution in [1.82, 2.24) is 19.0 Å². The number of fused-ring (bicyclic) bond motifs is 1. The van der Waals surface area contributed by atoms with Crippen LogP contribution in [0.2, 0.25) is 0 Å². The first-order valence-electron chi connectivity index (χ1n) is 11.2. The highest BCUT2D eigenvalue weighted by atomic mass is 32.2. The summed E-state index contributed by atoms with van der Waals surface area (Å²) in [6, 6.07) is 13.8. The lowest BCUT2D eigenvalue weighted by Crippen LogP contribution is -2.38. The number of carbonyl (C=O) groups is 1. The van der Waals surface area contributed by atoms with E-state index in [0.29, 0.717) is 43.2 Å². The molecule has 0 unspecified atom stereocenters. The Balaban J connectivity index is 1.61. The zero-order valence-corrected chi connectivity index (χ0v) is 19.7. The van der Waals surface area contributed by atoms with E-state index in [9.17, 15) is 18.0 Å². The van der Waals surface area contributed by atoms with Crippen LogP contribution < -0.4 is 5.56 Å². The second kappa shape index (κ2) is 9.44. The number of carbonyl (C=O) groups excluding carboxylic acids is 1. The molecule has 0 aliphatic carbocycles. The van der Waals surface area contributed by atoms with Crippen LogP contribution in [0.15, 0.2) is 58.2 Å². The summed E-state index contributed by atoms with van der Waals surface area (Å²) in [5.74, 6) is -0.286. The molecule has 0 radical (unpaired) electrons. The summed E-state index contributed by atoms with van der Waals surface area (Å²) >= 11 is 0. The summed E-state index contributed by atoms with van der Waals surface area (Å²) in [7, 11) is -3.64. The molecule has 1 aliphatic rings. The van der Waals surface area contributed by atoms with Gasteiger partial charge in [0, 0.05) is 38.1 Å². The second-order valence-electron chi connectivity index (χ2n) is 8.29. The predicted octanol–water partition coefficient (Wildman–Crippen LogP) is 2.65. The molecular weight excluding hydrogens is 440 g/mol. The maximum absolute atomic E-state index is 13.5. The molecule has 8 nitrogen and oxygen atoms in total. The van der Waals surface area contributed by atoms with Crippen LogP contribution in [0.4, 0.5) is 0 Å². The van der Waals surface area contributed by atoms with Gasteiger partial charge < -0.3 is 4.90 Å². The van der Waals surface area contributed by atoms with Crippen molar-refractivity contribution in [3.8, 4) is 0 Å².